The van der Waals surface area contributed by atoms with Crippen LogP contribution in [0.2, 0.25) is 0 Å². The average molecular weight is 266 g/mol. The molecule has 0 heterocycles. The largest absolute Gasteiger partial charge is 0.482 e. The highest BCUT2D eigenvalue weighted by atomic mass is 16.5. The van der Waals surface area contributed by atoms with Crippen molar-refractivity contribution in [2.24, 2.45) is 0 Å². The van der Waals surface area contributed by atoms with E-state index in [2.05, 4.69) is 5.32 Å². The van der Waals surface area contributed by atoms with E-state index in [9.17, 15) is 9.59 Å². The monoisotopic (exact) mass is 266 g/mol. The van der Waals surface area contributed by atoms with Crippen LogP contribution in [0.4, 0.5) is 10.5 Å². The third-order valence-corrected chi connectivity index (χ3v) is 2.52. The quantitative estimate of drug-likeness (QED) is 0.825. The highest BCUT2D eigenvalue weighted by Crippen LogP contribution is 2.16. The number of ether oxygens (including phenoxy) is 1. The second-order valence-corrected chi connectivity index (χ2v) is 3.81. The van der Waals surface area contributed by atoms with Crippen molar-refractivity contribution in [3.63, 3.8) is 0 Å². The molecule has 0 aliphatic heterocycles. The molecule has 0 aromatic heterocycles. The molecule has 0 saturated heterocycles. The standard InChI is InChI=1S/C13H18N2O4/c1-3-15(4-2)13(18)14-10-5-7-11(8-6-10)19-9-12(16)17/h5-8H,3-4,9H2,1-2H3,(H,14,18)(H,16,17). The molecule has 0 atom stereocenters. The fourth-order valence-electron chi connectivity index (χ4n) is 1.49. The fourth-order valence-corrected chi connectivity index (χ4v) is 1.49. The van der Waals surface area contributed by atoms with Gasteiger partial charge in [0.1, 0.15) is 5.75 Å². The van der Waals surface area contributed by atoms with Gasteiger partial charge in [0.25, 0.3) is 0 Å². The summed E-state index contributed by atoms with van der Waals surface area (Å²) in [6.07, 6.45) is 0. The minimum Gasteiger partial charge on any atom is -0.482 e. The zero-order chi connectivity index (χ0) is 14.3. The van der Waals surface area contributed by atoms with Gasteiger partial charge in [-0.1, -0.05) is 0 Å². The molecule has 0 bridgehead atoms. The second-order valence-electron chi connectivity index (χ2n) is 3.81. The van der Waals surface area contributed by atoms with E-state index < -0.39 is 5.97 Å². The third kappa shape index (κ3) is 4.87. The van der Waals surface area contributed by atoms with Gasteiger partial charge >= 0.3 is 12.0 Å². The Bertz CT molecular complexity index is 427. The summed E-state index contributed by atoms with van der Waals surface area (Å²) in [6.45, 7) is 4.72. The minimum atomic E-state index is -1.03. The van der Waals surface area contributed by atoms with Crippen LogP contribution in [0.25, 0.3) is 0 Å². The van der Waals surface area contributed by atoms with Gasteiger partial charge in [-0.25, -0.2) is 9.59 Å². The predicted octanol–water partition coefficient (Wildman–Crippen LogP) is 2.02. The molecule has 6 heteroatoms. The Morgan fingerprint density at radius 2 is 1.79 bits per heavy atom. The molecule has 0 aliphatic rings. The summed E-state index contributed by atoms with van der Waals surface area (Å²) in [4.78, 5) is 23.8. The van der Waals surface area contributed by atoms with Crippen molar-refractivity contribution < 1.29 is 19.4 Å². The van der Waals surface area contributed by atoms with Crippen LogP contribution >= 0.6 is 0 Å². The lowest BCUT2D eigenvalue weighted by molar-refractivity contribution is -0.139. The number of aliphatic carboxylic acids is 1. The summed E-state index contributed by atoms with van der Waals surface area (Å²) >= 11 is 0. The Morgan fingerprint density at radius 1 is 1.21 bits per heavy atom. The van der Waals surface area contributed by atoms with E-state index in [-0.39, 0.29) is 12.6 Å². The van der Waals surface area contributed by atoms with E-state index in [0.717, 1.165) is 0 Å². The first-order valence-corrected chi connectivity index (χ1v) is 6.07. The summed E-state index contributed by atoms with van der Waals surface area (Å²) in [7, 11) is 0. The van der Waals surface area contributed by atoms with E-state index in [1.165, 1.54) is 0 Å². The summed E-state index contributed by atoms with van der Waals surface area (Å²) in [6, 6.07) is 6.39. The molecule has 0 fully saturated rings. The maximum atomic E-state index is 11.8. The number of hydrogen-bond acceptors (Lipinski definition) is 3. The van der Waals surface area contributed by atoms with E-state index in [1.54, 1.807) is 29.2 Å². The Hall–Kier alpha value is -2.24. The minimum absolute atomic E-state index is 0.163. The lowest BCUT2D eigenvalue weighted by Crippen LogP contribution is -2.34. The van der Waals surface area contributed by atoms with Crippen molar-refractivity contribution in [1.82, 2.24) is 4.90 Å². The molecule has 0 unspecified atom stereocenters. The van der Waals surface area contributed by atoms with Crippen LogP contribution in [0, 0.1) is 0 Å². The van der Waals surface area contributed by atoms with Gasteiger partial charge in [0.2, 0.25) is 0 Å². The van der Waals surface area contributed by atoms with Gasteiger partial charge in [0.05, 0.1) is 0 Å². The molecule has 6 nitrogen and oxygen atoms in total. The molecule has 1 rings (SSSR count). The van der Waals surface area contributed by atoms with Crippen LogP contribution in [0.1, 0.15) is 13.8 Å². The van der Waals surface area contributed by atoms with E-state index in [4.69, 9.17) is 9.84 Å². The highest BCUT2D eigenvalue weighted by molar-refractivity contribution is 5.89. The first kappa shape index (κ1) is 14.8. The van der Waals surface area contributed by atoms with Crippen molar-refractivity contribution in [2.45, 2.75) is 13.8 Å². The van der Waals surface area contributed by atoms with Crippen LogP contribution in [-0.2, 0) is 4.79 Å². The molecule has 0 aliphatic carbocycles. The number of hydrogen-bond donors (Lipinski definition) is 2. The Morgan fingerprint density at radius 3 is 2.26 bits per heavy atom. The number of carboxylic acid groups (broad SMARTS) is 1. The molecule has 104 valence electrons. The first-order valence-electron chi connectivity index (χ1n) is 6.07. The smallest absolute Gasteiger partial charge is 0.341 e. The third-order valence-electron chi connectivity index (χ3n) is 2.52. The predicted molar refractivity (Wildman–Crippen MR) is 71.5 cm³/mol. The first-order chi connectivity index (χ1) is 9.06. The normalized spacial score (nSPS) is 9.79. The molecule has 0 spiro atoms. The summed E-state index contributed by atoms with van der Waals surface area (Å²) in [5.74, 6) is -0.581. The van der Waals surface area contributed by atoms with E-state index in [1.807, 2.05) is 13.8 Å². The van der Waals surface area contributed by atoms with E-state index >= 15 is 0 Å². The Labute approximate surface area is 112 Å². The van der Waals surface area contributed by atoms with Crippen LogP contribution in [0.3, 0.4) is 0 Å². The van der Waals surface area contributed by atoms with Crippen molar-refractivity contribution in [2.75, 3.05) is 25.0 Å². The number of carboxylic acids is 1. The van der Waals surface area contributed by atoms with Crippen LogP contribution in [-0.4, -0.2) is 41.7 Å². The lowest BCUT2D eigenvalue weighted by Gasteiger charge is -2.19. The number of nitrogens with one attached hydrogen (secondary N) is 1. The molecule has 1 aromatic rings. The van der Waals surface area contributed by atoms with Crippen molar-refractivity contribution in [3.05, 3.63) is 24.3 Å². The number of carbonyl (C=O) groups excluding carboxylic acids is 1. The number of amides is 2. The van der Waals surface area contributed by atoms with Crippen molar-refractivity contribution >= 4 is 17.7 Å². The second kappa shape index (κ2) is 7.25. The lowest BCUT2D eigenvalue weighted by atomic mass is 10.3. The number of urea groups is 1. The zero-order valence-corrected chi connectivity index (χ0v) is 11.0. The molecule has 2 N–H and O–H groups in total. The molecular formula is C13H18N2O4. The van der Waals surface area contributed by atoms with Gasteiger partial charge in [0.15, 0.2) is 6.61 Å². The average Bonchev–Trinajstić information content (AvgIpc) is 2.39. The Kier molecular flexibility index (Phi) is 5.66. The number of rotatable bonds is 6. The van der Waals surface area contributed by atoms with Gasteiger partial charge in [-0.05, 0) is 38.1 Å². The topological polar surface area (TPSA) is 78.9 Å². The number of benzene rings is 1. The van der Waals surface area contributed by atoms with Crippen LogP contribution in [0.5, 0.6) is 5.75 Å². The van der Waals surface area contributed by atoms with Crippen molar-refractivity contribution in [1.29, 1.82) is 0 Å². The van der Waals surface area contributed by atoms with Gasteiger partial charge < -0.3 is 20.1 Å². The van der Waals surface area contributed by atoms with Gasteiger partial charge in [-0.15, -0.1) is 0 Å². The van der Waals surface area contributed by atoms with Crippen molar-refractivity contribution in [3.8, 4) is 5.75 Å². The Balaban J connectivity index is 2.56. The molecule has 19 heavy (non-hydrogen) atoms. The summed E-state index contributed by atoms with van der Waals surface area (Å²) in [5, 5.41) is 11.2. The van der Waals surface area contributed by atoms with E-state index in [0.29, 0.717) is 24.5 Å². The van der Waals surface area contributed by atoms with Crippen LogP contribution < -0.4 is 10.1 Å². The summed E-state index contributed by atoms with van der Waals surface area (Å²) in [5.41, 5.74) is 0.638. The SMILES string of the molecule is CCN(CC)C(=O)Nc1ccc(OCC(=O)O)cc1. The van der Waals surface area contributed by atoms with Crippen LogP contribution in [0.15, 0.2) is 24.3 Å². The van der Waals surface area contributed by atoms with Gasteiger partial charge in [-0.3, -0.25) is 0 Å². The number of anilines is 1. The maximum absolute atomic E-state index is 11.8. The number of carbonyl (C=O) groups is 2. The zero-order valence-electron chi connectivity index (χ0n) is 11.0. The van der Waals surface area contributed by atoms with Gasteiger partial charge in [0, 0.05) is 18.8 Å². The summed E-state index contributed by atoms with van der Waals surface area (Å²) < 4.78 is 4.99. The highest BCUT2D eigenvalue weighted by Gasteiger charge is 2.09. The molecule has 0 saturated carbocycles. The molecular weight excluding hydrogens is 248 g/mol. The maximum Gasteiger partial charge on any atom is 0.341 e. The fraction of sp³-hybridized carbons (Fsp3) is 0.385. The number of nitrogens with zero attached hydrogens (tertiary/aromatic N) is 1. The molecule has 1 aromatic carbocycles. The van der Waals surface area contributed by atoms with Gasteiger partial charge in [-0.2, -0.15) is 0 Å². The molecule has 0 radical (unpaired) electrons. The molecule has 2 amide bonds.